The SMILES string of the molecule is NNC(=O)CCCCCCCCC(=O)N(NC(=O)c1ccc2ccccc2c1)C(=O)c1ccc2ccccc2c1. The summed E-state index contributed by atoms with van der Waals surface area (Å²) in [7, 11) is 0. The van der Waals surface area contributed by atoms with Crippen LogP contribution in [-0.2, 0) is 9.59 Å². The van der Waals surface area contributed by atoms with Crippen molar-refractivity contribution < 1.29 is 19.2 Å². The molecule has 0 aliphatic carbocycles. The molecule has 0 atom stereocenters. The minimum absolute atomic E-state index is 0.118. The highest BCUT2D eigenvalue weighted by molar-refractivity contribution is 6.09. The number of nitrogens with zero attached hydrogens (tertiary/aromatic N) is 1. The van der Waals surface area contributed by atoms with E-state index in [2.05, 4.69) is 10.9 Å². The van der Waals surface area contributed by atoms with Gasteiger partial charge in [0.15, 0.2) is 0 Å². The second-order valence-electron chi connectivity index (χ2n) is 9.79. The molecule has 0 aliphatic rings. The smallest absolute Gasteiger partial charge is 0.279 e. The van der Waals surface area contributed by atoms with Crippen molar-refractivity contribution in [2.24, 2.45) is 5.84 Å². The lowest BCUT2D eigenvalue weighted by Gasteiger charge is -2.22. The van der Waals surface area contributed by atoms with Crippen LogP contribution in [0, 0.1) is 0 Å². The molecular formula is C32H34N4O4. The fraction of sp³-hybridized carbons (Fsp3) is 0.250. The molecule has 0 heterocycles. The van der Waals surface area contributed by atoms with Crippen LogP contribution in [0.15, 0.2) is 84.9 Å². The van der Waals surface area contributed by atoms with Crippen molar-refractivity contribution in [3.05, 3.63) is 96.1 Å². The molecule has 0 bridgehead atoms. The number of nitrogens with one attached hydrogen (secondary N) is 2. The number of carbonyl (C=O) groups is 4. The van der Waals surface area contributed by atoms with Crippen LogP contribution in [0.4, 0.5) is 0 Å². The first-order chi connectivity index (χ1) is 19.5. The molecule has 4 rings (SSSR count). The van der Waals surface area contributed by atoms with Crippen molar-refractivity contribution in [2.45, 2.75) is 51.4 Å². The van der Waals surface area contributed by atoms with Crippen LogP contribution in [0.1, 0.15) is 72.1 Å². The first-order valence-corrected chi connectivity index (χ1v) is 13.6. The summed E-state index contributed by atoms with van der Waals surface area (Å²) in [6.07, 6.45) is 5.39. The van der Waals surface area contributed by atoms with E-state index in [4.69, 9.17) is 5.84 Å². The minimum Gasteiger partial charge on any atom is -0.294 e. The van der Waals surface area contributed by atoms with E-state index in [1.165, 1.54) is 0 Å². The van der Waals surface area contributed by atoms with E-state index in [9.17, 15) is 19.2 Å². The third-order valence-electron chi connectivity index (χ3n) is 6.88. The molecule has 206 valence electrons. The Labute approximate surface area is 233 Å². The zero-order chi connectivity index (χ0) is 28.3. The highest BCUT2D eigenvalue weighted by Crippen LogP contribution is 2.19. The summed E-state index contributed by atoms with van der Waals surface area (Å²) in [5.41, 5.74) is 5.36. The summed E-state index contributed by atoms with van der Waals surface area (Å²) in [4.78, 5) is 51.2. The Morgan fingerprint density at radius 1 is 0.600 bits per heavy atom. The molecule has 0 aliphatic heterocycles. The lowest BCUT2D eigenvalue weighted by molar-refractivity contribution is -0.130. The normalized spacial score (nSPS) is 10.8. The molecule has 0 saturated carbocycles. The molecule has 8 nitrogen and oxygen atoms in total. The fourth-order valence-electron chi connectivity index (χ4n) is 4.63. The molecule has 0 saturated heterocycles. The molecular weight excluding hydrogens is 504 g/mol. The van der Waals surface area contributed by atoms with Gasteiger partial charge in [-0.05, 0) is 58.7 Å². The van der Waals surface area contributed by atoms with Crippen molar-refractivity contribution in [2.75, 3.05) is 0 Å². The predicted octanol–water partition coefficient (Wildman–Crippen LogP) is 5.42. The number of unbranched alkanes of at least 4 members (excludes halogenated alkanes) is 5. The van der Waals surface area contributed by atoms with E-state index in [0.717, 1.165) is 58.7 Å². The summed E-state index contributed by atoms with van der Waals surface area (Å²) < 4.78 is 0. The van der Waals surface area contributed by atoms with E-state index in [1.54, 1.807) is 24.3 Å². The molecule has 8 heteroatoms. The second kappa shape index (κ2) is 14.0. The van der Waals surface area contributed by atoms with Crippen LogP contribution in [0.5, 0.6) is 0 Å². The van der Waals surface area contributed by atoms with Gasteiger partial charge in [0, 0.05) is 24.0 Å². The van der Waals surface area contributed by atoms with Crippen LogP contribution < -0.4 is 16.7 Å². The lowest BCUT2D eigenvalue weighted by atomic mass is 10.1. The summed E-state index contributed by atoms with van der Waals surface area (Å²) in [5.74, 6) is 3.33. The van der Waals surface area contributed by atoms with Crippen molar-refractivity contribution in [1.82, 2.24) is 15.9 Å². The maximum absolute atomic E-state index is 13.5. The van der Waals surface area contributed by atoms with Gasteiger partial charge in [0.05, 0.1) is 0 Å². The lowest BCUT2D eigenvalue weighted by Crippen LogP contribution is -2.49. The Hall–Kier alpha value is -4.56. The molecule has 0 fully saturated rings. The number of hydrogen-bond donors (Lipinski definition) is 3. The third-order valence-corrected chi connectivity index (χ3v) is 6.88. The number of hydrogen-bond acceptors (Lipinski definition) is 5. The largest absolute Gasteiger partial charge is 0.294 e. The van der Waals surface area contributed by atoms with Crippen LogP contribution >= 0.6 is 0 Å². The second-order valence-corrected chi connectivity index (χ2v) is 9.79. The Kier molecular flexibility index (Phi) is 9.96. The molecule has 0 spiro atoms. The number of benzene rings is 4. The van der Waals surface area contributed by atoms with Crippen LogP contribution in [0.3, 0.4) is 0 Å². The van der Waals surface area contributed by atoms with Crippen molar-refractivity contribution in [3.63, 3.8) is 0 Å². The van der Waals surface area contributed by atoms with Gasteiger partial charge < -0.3 is 0 Å². The van der Waals surface area contributed by atoms with Gasteiger partial charge in [-0.3, -0.25) is 30.0 Å². The first kappa shape index (κ1) is 28.4. The van der Waals surface area contributed by atoms with Gasteiger partial charge in [-0.2, -0.15) is 5.01 Å². The van der Waals surface area contributed by atoms with Gasteiger partial charge in [-0.15, -0.1) is 0 Å². The van der Waals surface area contributed by atoms with Gasteiger partial charge >= 0.3 is 0 Å². The number of imide groups is 1. The zero-order valence-corrected chi connectivity index (χ0v) is 22.4. The highest BCUT2D eigenvalue weighted by Gasteiger charge is 2.25. The summed E-state index contributed by atoms with van der Waals surface area (Å²) in [6, 6.07) is 25.8. The molecule has 0 unspecified atom stereocenters. The van der Waals surface area contributed by atoms with Crippen molar-refractivity contribution in [1.29, 1.82) is 0 Å². The summed E-state index contributed by atoms with van der Waals surface area (Å²) in [6.45, 7) is 0. The molecule has 4 aromatic rings. The summed E-state index contributed by atoms with van der Waals surface area (Å²) >= 11 is 0. The molecule has 0 aromatic heterocycles. The Balaban J connectivity index is 1.43. The van der Waals surface area contributed by atoms with Crippen LogP contribution in [-0.4, -0.2) is 28.6 Å². The standard InChI is InChI=1S/C32H34N4O4/c33-34-29(37)15-5-3-1-2-4-6-16-30(38)36(32(40)28-20-18-24-12-8-10-14-26(24)22-28)35-31(39)27-19-17-23-11-7-9-13-25(23)21-27/h7-14,17-22H,1-6,15-16,33H2,(H,34,37)(H,35,39). The molecule has 4 N–H and O–H groups in total. The fourth-order valence-corrected chi connectivity index (χ4v) is 4.63. The van der Waals surface area contributed by atoms with E-state index in [1.807, 2.05) is 60.7 Å². The van der Waals surface area contributed by atoms with Gasteiger partial charge in [0.1, 0.15) is 0 Å². The average Bonchev–Trinajstić information content (AvgIpc) is 2.99. The average molecular weight is 539 g/mol. The maximum atomic E-state index is 13.5. The van der Waals surface area contributed by atoms with Crippen molar-refractivity contribution in [3.8, 4) is 0 Å². The Bertz CT molecular complexity index is 1520. The topological polar surface area (TPSA) is 122 Å². The Morgan fingerprint density at radius 3 is 1.70 bits per heavy atom. The zero-order valence-electron chi connectivity index (χ0n) is 22.4. The van der Waals surface area contributed by atoms with E-state index >= 15 is 0 Å². The number of nitrogens with two attached hydrogens (primary N) is 1. The Morgan fingerprint density at radius 2 is 1.10 bits per heavy atom. The molecule has 4 aromatic carbocycles. The third kappa shape index (κ3) is 7.51. The maximum Gasteiger partial charge on any atom is 0.279 e. The summed E-state index contributed by atoms with van der Waals surface area (Å²) in [5, 5.41) is 4.57. The predicted molar refractivity (Wildman–Crippen MR) is 156 cm³/mol. The van der Waals surface area contributed by atoms with Gasteiger partial charge in [0.2, 0.25) is 11.8 Å². The number of rotatable bonds is 11. The van der Waals surface area contributed by atoms with Crippen molar-refractivity contribution >= 4 is 45.2 Å². The van der Waals surface area contributed by atoms with E-state index in [0.29, 0.717) is 24.0 Å². The highest BCUT2D eigenvalue weighted by atomic mass is 16.2. The molecule has 40 heavy (non-hydrogen) atoms. The van der Waals surface area contributed by atoms with Crippen LogP contribution in [0.25, 0.3) is 21.5 Å². The number of amides is 4. The number of carbonyl (C=O) groups excluding carboxylic acids is 4. The molecule has 4 amide bonds. The van der Waals surface area contributed by atoms with Gasteiger partial charge in [0.25, 0.3) is 11.8 Å². The van der Waals surface area contributed by atoms with Gasteiger partial charge in [-0.1, -0.05) is 86.3 Å². The minimum atomic E-state index is -0.580. The number of fused-ring (bicyclic) bond motifs is 2. The van der Waals surface area contributed by atoms with Crippen LogP contribution in [0.2, 0.25) is 0 Å². The van der Waals surface area contributed by atoms with Gasteiger partial charge in [-0.25, -0.2) is 5.84 Å². The quantitative estimate of drug-likeness (QED) is 0.102. The van der Waals surface area contributed by atoms with E-state index in [-0.39, 0.29) is 12.3 Å². The monoisotopic (exact) mass is 538 g/mol. The number of hydrazine groups is 2. The van der Waals surface area contributed by atoms with E-state index < -0.39 is 17.7 Å². The first-order valence-electron chi connectivity index (χ1n) is 13.6. The molecule has 0 radical (unpaired) electrons.